The lowest BCUT2D eigenvalue weighted by Gasteiger charge is -2.11. The van der Waals surface area contributed by atoms with Crippen LogP contribution in [0.2, 0.25) is 0 Å². The molecule has 0 spiro atoms. The maximum absolute atomic E-state index is 12.4. The first kappa shape index (κ1) is 19.0. The molecule has 10 heteroatoms. The molecule has 0 aliphatic carbocycles. The van der Waals surface area contributed by atoms with Crippen LogP contribution in [0.1, 0.15) is 16.2 Å². The Morgan fingerprint density at radius 1 is 1.14 bits per heavy atom. The van der Waals surface area contributed by atoms with Gasteiger partial charge in [0.1, 0.15) is 10.8 Å². The van der Waals surface area contributed by atoms with Gasteiger partial charge in [0.25, 0.3) is 5.91 Å². The van der Waals surface area contributed by atoms with Crippen molar-refractivity contribution in [1.29, 1.82) is 0 Å². The third kappa shape index (κ3) is 3.93. The summed E-state index contributed by atoms with van der Waals surface area (Å²) in [4.78, 5) is 13.2. The van der Waals surface area contributed by atoms with E-state index in [1.54, 1.807) is 28.8 Å². The van der Waals surface area contributed by atoms with Crippen molar-refractivity contribution in [3.8, 4) is 16.3 Å². The first-order valence-corrected chi connectivity index (χ1v) is 9.82. The smallest absolute Gasteiger partial charge is 0.261 e. The van der Waals surface area contributed by atoms with Crippen molar-refractivity contribution in [2.75, 3.05) is 12.4 Å². The van der Waals surface area contributed by atoms with Gasteiger partial charge in [-0.05, 0) is 55.5 Å². The topological polar surface area (TPSA) is 93.4 Å². The predicted octanol–water partition coefficient (Wildman–Crippen LogP) is 3.30. The molecule has 2 N–H and O–H groups in total. The Bertz CT molecular complexity index is 1200. The van der Waals surface area contributed by atoms with E-state index >= 15 is 0 Å². The number of aromatic nitrogens is 4. The average molecular weight is 425 g/mol. The van der Waals surface area contributed by atoms with Crippen LogP contribution in [-0.2, 0) is 0 Å². The number of rotatable bonds is 4. The van der Waals surface area contributed by atoms with Gasteiger partial charge in [0, 0.05) is 11.3 Å². The zero-order chi connectivity index (χ0) is 20.4. The van der Waals surface area contributed by atoms with Gasteiger partial charge in [0.2, 0.25) is 4.96 Å². The van der Waals surface area contributed by atoms with Gasteiger partial charge in [-0.25, -0.2) is 0 Å². The zero-order valence-corrected chi connectivity index (χ0v) is 17.2. The number of carbonyl (C=O) groups excluding carboxylic acids is 1. The molecule has 0 fully saturated rings. The first-order chi connectivity index (χ1) is 14.0. The van der Waals surface area contributed by atoms with E-state index in [1.807, 2.05) is 31.2 Å². The molecule has 4 aromatic rings. The van der Waals surface area contributed by atoms with E-state index in [2.05, 4.69) is 25.9 Å². The number of hydrogen-bond acceptors (Lipinski definition) is 7. The minimum atomic E-state index is -0.341. The molecule has 2 heterocycles. The summed E-state index contributed by atoms with van der Waals surface area (Å²) in [5.41, 5.74) is 2.11. The number of aryl methyl sites for hydroxylation is 1. The van der Waals surface area contributed by atoms with Crippen molar-refractivity contribution in [2.45, 2.75) is 6.92 Å². The van der Waals surface area contributed by atoms with Gasteiger partial charge < -0.3 is 10.1 Å². The monoisotopic (exact) mass is 424 g/mol. The predicted molar refractivity (Wildman–Crippen MR) is 116 cm³/mol. The summed E-state index contributed by atoms with van der Waals surface area (Å²) in [7, 11) is 1.52. The van der Waals surface area contributed by atoms with E-state index in [0.29, 0.717) is 11.3 Å². The number of thiocarbonyl (C=S) groups is 1. The molecule has 1 amide bonds. The van der Waals surface area contributed by atoms with Crippen LogP contribution in [0.15, 0.2) is 48.5 Å². The Kier molecular flexibility index (Phi) is 5.19. The van der Waals surface area contributed by atoms with E-state index in [4.69, 9.17) is 17.0 Å². The van der Waals surface area contributed by atoms with E-state index in [0.717, 1.165) is 27.0 Å². The van der Waals surface area contributed by atoms with Gasteiger partial charge in [-0.2, -0.15) is 9.61 Å². The number of hydrogen-bond donors (Lipinski definition) is 2. The summed E-state index contributed by atoms with van der Waals surface area (Å²) >= 11 is 6.72. The number of nitrogens with zero attached hydrogens (tertiary/aromatic N) is 4. The second-order valence-electron chi connectivity index (χ2n) is 6.03. The fraction of sp³-hybridized carbons (Fsp3) is 0.105. The normalized spacial score (nSPS) is 10.7. The van der Waals surface area contributed by atoms with Gasteiger partial charge in [-0.15, -0.1) is 10.2 Å². The van der Waals surface area contributed by atoms with Crippen LogP contribution in [0.25, 0.3) is 15.5 Å². The highest BCUT2D eigenvalue weighted by Crippen LogP contribution is 2.26. The summed E-state index contributed by atoms with van der Waals surface area (Å²) in [5.74, 6) is 0.890. The number of methoxy groups -OCH3 is 1. The van der Waals surface area contributed by atoms with Crippen molar-refractivity contribution in [3.63, 3.8) is 0 Å². The SMILES string of the molecule is COc1ccccc1C(=O)NC(=S)Nc1ccc(-c2nn3c(C)nnc3s2)cc1. The van der Waals surface area contributed by atoms with Crippen LogP contribution in [0.3, 0.4) is 0 Å². The highest BCUT2D eigenvalue weighted by atomic mass is 32.1. The Balaban J connectivity index is 1.43. The number of fused-ring (bicyclic) bond motifs is 1. The molecule has 8 nitrogen and oxygen atoms in total. The number of ether oxygens (including phenoxy) is 1. The van der Waals surface area contributed by atoms with Gasteiger partial charge in [-0.3, -0.25) is 10.1 Å². The van der Waals surface area contributed by atoms with Crippen molar-refractivity contribution in [1.82, 2.24) is 25.1 Å². The van der Waals surface area contributed by atoms with Crippen molar-refractivity contribution in [3.05, 3.63) is 59.9 Å². The molecule has 4 rings (SSSR count). The molecule has 0 aliphatic heterocycles. The molecule has 0 saturated heterocycles. The molecular formula is C19H16N6O2S2. The van der Waals surface area contributed by atoms with Crippen LogP contribution in [0.5, 0.6) is 5.75 Å². The molecule has 0 saturated carbocycles. The number of para-hydroxylation sites is 1. The summed E-state index contributed by atoms with van der Waals surface area (Å²) in [5, 5.41) is 19.3. The minimum absolute atomic E-state index is 0.197. The van der Waals surface area contributed by atoms with E-state index in [-0.39, 0.29) is 11.0 Å². The Labute approximate surface area is 175 Å². The summed E-state index contributed by atoms with van der Waals surface area (Å²) in [6.07, 6.45) is 0. The molecule has 0 unspecified atom stereocenters. The van der Waals surface area contributed by atoms with E-state index in [9.17, 15) is 4.79 Å². The number of carbonyl (C=O) groups is 1. The Morgan fingerprint density at radius 3 is 2.62 bits per heavy atom. The third-order valence-electron chi connectivity index (χ3n) is 4.12. The fourth-order valence-electron chi connectivity index (χ4n) is 2.69. The fourth-order valence-corrected chi connectivity index (χ4v) is 3.79. The molecule has 0 aliphatic rings. The first-order valence-electron chi connectivity index (χ1n) is 8.60. The molecule has 29 heavy (non-hydrogen) atoms. The van der Waals surface area contributed by atoms with Crippen molar-refractivity contribution < 1.29 is 9.53 Å². The number of benzene rings is 2. The van der Waals surface area contributed by atoms with Gasteiger partial charge in [0.05, 0.1) is 12.7 Å². The number of anilines is 1. The maximum Gasteiger partial charge on any atom is 0.261 e. The van der Waals surface area contributed by atoms with Gasteiger partial charge >= 0.3 is 0 Å². The largest absolute Gasteiger partial charge is 0.496 e. The second kappa shape index (κ2) is 7.94. The Hall–Kier alpha value is -3.37. The van der Waals surface area contributed by atoms with E-state index in [1.165, 1.54) is 18.4 Å². The molecule has 0 radical (unpaired) electrons. The summed E-state index contributed by atoms with van der Waals surface area (Å²) in [6.45, 7) is 1.86. The average Bonchev–Trinajstić information content (AvgIpc) is 3.30. The second-order valence-corrected chi connectivity index (χ2v) is 7.40. The molecule has 2 aromatic heterocycles. The van der Waals surface area contributed by atoms with Crippen LogP contribution in [0, 0.1) is 6.92 Å². The summed E-state index contributed by atoms with van der Waals surface area (Å²) < 4.78 is 6.92. The quantitative estimate of drug-likeness (QED) is 0.486. The molecule has 146 valence electrons. The highest BCUT2D eigenvalue weighted by Gasteiger charge is 2.13. The zero-order valence-electron chi connectivity index (χ0n) is 15.5. The van der Waals surface area contributed by atoms with Crippen molar-refractivity contribution >= 4 is 45.2 Å². The van der Waals surface area contributed by atoms with Crippen LogP contribution in [-0.4, -0.2) is 37.9 Å². The molecule has 0 bridgehead atoms. The standard InChI is InChI=1S/C19H16N6O2S2/c1-11-22-23-19-25(11)24-17(29-19)12-7-9-13(10-8-12)20-18(28)21-16(26)14-5-3-4-6-15(14)27-2/h3-10H,1-2H3,(H2,20,21,26,28). The minimum Gasteiger partial charge on any atom is -0.496 e. The summed E-state index contributed by atoms with van der Waals surface area (Å²) in [6, 6.07) is 14.5. The Morgan fingerprint density at radius 2 is 1.90 bits per heavy atom. The van der Waals surface area contributed by atoms with Gasteiger partial charge in [-0.1, -0.05) is 23.5 Å². The van der Waals surface area contributed by atoms with Crippen LogP contribution in [0.4, 0.5) is 5.69 Å². The molecule has 2 aromatic carbocycles. The van der Waals surface area contributed by atoms with Gasteiger partial charge in [0.15, 0.2) is 10.9 Å². The number of amides is 1. The van der Waals surface area contributed by atoms with E-state index < -0.39 is 0 Å². The lowest BCUT2D eigenvalue weighted by molar-refractivity contribution is 0.0975. The van der Waals surface area contributed by atoms with Crippen LogP contribution < -0.4 is 15.4 Å². The highest BCUT2D eigenvalue weighted by molar-refractivity contribution is 7.80. The van der Waals surface area contributed by atoms with Crippen molar-refractivity contribution in [2.24, 2.45) is 0 Å². The third-order valence-corrected chi connectivity index (χ3v) is 5.27. The molecular weight excluding hydrogens is 408 g/mol. The number of nitrogens with one attached hydrogen (secondary N) is 2. The lowest BCUT2D eigenvalue weighted by atomic mass is 10.2. The van der Waals surface area contributed by atoms with Crippen LogP contribution >= 0.6 is 23.6 Å². The lowest BCUT2D eigenvalue weighted by Crippen LogP contribution is -2.34. The maximum atomic E-state index is 12.4. The molecule has 0 atom stereocenters.